The Labute approximate surface area is 122 Å². The topological polar surface area (TPSA) is 96.3 Å². The number of nitriles is 1. The van der Waals surface area contributed by atoms with Crippen LogP contribution in [0.3, 0.4) is 0 Å². The van der Waals surface area contributed by atoms with E-state index in [0.717, 1.165) is 5.56 Å². The van der Waals surface area contributed by atoms with Gasteiger partial charge in [-0.25, -0.2) is 4.79 Å². The molecule has 0 atom stereocenters. The number of rotatable bonds is 4. The van der Waals surface area contributed by atoms with E-state index in [1.165, 1.54) is 6.07 Å². The lowest BCUT2D eigenvalue weighted by Crippen LogP contribution is -2.04. The van der Waals surface area contributed by atoms with Crippen LogP contribution in [0.5, 0.6) is 11.5 Å². The molecule has 0 aliphatic carbocycles. The number of hydrogen-bond donors (Lipinski definition) is 2. The zero-order valence-electron chi connectivity index (χ0n) is 11.5. The van der Waals surface area contributed by atoms with E-state index in [1.54, 1.807) is 37.3 Å². The fourth-order valence-corrected chi connectivity index (χ4v) is 1.90. The fourth-order valence-electron chi connectivity index (χ4n) is 1.90. The van der Waals surface area contributed by atoms with Gasteiger partial charge in [0.05, 0.1) is 18.1 Å². The molecule has 0 bridgehead atoms. The number of carboxylic acids is 1. The molecule has 21 heavy (non-hydrogen) atoms. The van der Waals surface area contributed by atoms with Gasteiger partial charge in [-0.15, -0.1) is 0 Å². The first-order valence-electron chi connectivity index (χ1n) is 6.28. The number of carbonyl (C=O) groups is 1. The predicted octanol–water partition coefficient (Wildman–Crippen LogP) is 3.13. The Morgan fingerprint density at radius 3 is 2.52 bits per heavy atom. The first-order valence-corrected chi connectivity index (χ1v) is 6.28. The molecule has 2 aromatic rings. The van der Waals surface area contributed by atoms with E-state index in [9.17, 15) is 4.79 Å². The summed E-state index contributed by atoms with van der Waals surface area (Å²) in [5.41, 5.74) is 7.52. The normalized spacial score (nSPS) is 9.90. The predicted molar refractivity (Wildman–Crippen MR) is 78.4 cm³/mol. The van der Waals surface area contributed by atoms with E-state index >= 15 is 0 Å². The Morgan fingerprint density at radius 2 is 1.95 bits per heavy atom. The number of nitrogen functional groups attached to an aromatic ring is 1. The Balaban J connectivity index is 2.27. The Bertz CT molecular complexity index is 716. The van der Waals surface area contributed by atoms with Gasteiger partial charge in [0.25, 0.3) is 0 Å². The zero-order valence-corrected chi connectivity index (χ0v) is 11.5. The van der Waals surface area contributed by atoms with Crippen molar-refractivity contribution in [3.8, 4) is 17.6 Å². The van der Waals surface area contributed by atoms with Gasteiger partial charge in [-0.1, -0.05) is 12.1 Å². The molecule has 3 N–H and O–H groups in total. The summed E-state index contributed by atoms with van der Waals surface area (Å²) in [5, 5.41) is 17.7. The number of hydrogen-bond acceptors (Lipinski definition) is 4. The van der Waals surface area contributed by atoms with E-state index in [0.29, 0.717) is 23.5 Å². The van der Waals surface area contributed by atoms with E-state index < -0.39 is 5.97 Å². The minimum absolute atomic E-state index is 0.0195. The average Bonchev–Trinajstić information content (AvgIpc) is 2.45. The third-order valence-electron chi connectivity index (χ3n) is 3.03. The first-order chi connectivity index (χ1) is 10.0. The van der Waals surface area contributed by atoms with Gasteiger partial charge in [0, 0.05) is 5.69 Å². The van der Waals surface area contributed by atoms with Gasteiger partial charge in [-0.3, -0.25) is 0 Å². The van der Waals surface area contributed by atoms with Crippen molar-refractivity contribution < 1.29 is 14.6 Å². The lowest BCUT2D eigenvalue weighted by atomic mass is 10.1. The maximum Gasteiger partial charge on any atom is 0.337 e. The van der Waals surface area contributed by atoms with Crippen LogP contribution in [0.1, 0.15) is 21.5 Å². The van der Waals surface area contributed by atoms with Gasteiger partial charge in [-0.2, -0.15) is 5.26 Å². The second kappa shape index (κ2) is 5.97. The highest BCUT2D eigenvalue weighted by Gasteiger charge is 2.12. The molecule has 0 radical (unpaired) electrons. The molecule has 0 aromatic heterocycles. The molecule has 106 valence electrons. The summed E-state index contributed by atoms with van der Waals surface area (Å²) in [7, 11) is 0. The van der Waals surface area contributed by atoms with Crippen molar-refractivity contribution in [1.29, 1.82) is 5.26 Å². The largest absolute Gasteiger partial charge is 0.478 e. The van der Waals surface area contributed by atoms with Gasteiger partial charge >= 0.3 is 5.97 Å². The number of nitrogens with two attached hydrogens (primary N) is 1. The van der Waals surface area contributed by atoms with Crippen molar-refractivity contribution in [3.63, 3.8) is 0 Å². The van der Waals surface area contributed by atoms with Crippen molar-refractivity contribution in [2.75, 3.05) is 5.73 Å². The highest BCUT2D eigenvalue weighted by molar-refractivity contribution is 5.95. The van der Waals surface area contributed by atoms with Crippen LogP contribution in [0, 0.1) is 18.3 Å². The molecule has 0 aliphatic heterocycles. The molecule has 0 amide bonds. The van der Waals surface area contributed by atoms with Crippen LogP contribution in [0.15, 0.2) is 36.4 Å². The van der Waals surface area contributed by atoms with E-state index in [-0.39, 0.29) is 11.3 Å². The Hall–Kier alpha value is -3.00. The number of anilines is 1. The van der Waals surface area contributed by atoms with Gasteiger partial charge in [0.2, 0.25) is 0 Å². The molecule has 2 rings (SSSR count). The van der Waals surface area contributed by atoms with Crippen LogP contribution in [-0.4, -0.2) is 11.1 Å². The van der Waals surface area contributed by atoms with Gasteiger partial charge < -0.3 is 15.6 Å². The molecular formula is C16H14N2O3. The number of carboxylic acid groups (broad SMARTS) is 1. The zero-order chi connectivity index (χ0) is 15.4. The summed E-state index contributed by atoms with van der Waals surface area (Å²) in [4.78, 5) is 11.1. The van der Waals surface area contributed by atoms with Gasteiger partial charge in [0.15, 0.2) is 0 Å². The molecule has 0 saturated heterocycles. The minimum atomic E-state index is -1.09. The molecule has 0 fully saturated rings. The molecular weight excluding hydrogens is 268 g/mol. The first kappa shape index (κ1) is 14.4. The van der Waals surface area contributed by atoms with Crippen LogP contribution in [0.2, 0.25) is 0 Å². The molecule has 0 spiro atoms. The third-order valence-corrected chi connectivity index (χ3v) is 3.03. The summed E-state index contributed by atoms with van der Waals surface area (Å²) >= 11 is 0. The van der Waals surface area contributed by atoms with E-state index in [1.807, 2.05) is 0 Å². The maximum atomic E-state index is 11.1. The number of aromatic carboxylic acids is 1. The van der Waals surface area contributed by atoms with E-state index in [2.05, 4.69) is 6.07 Å². The molecule has 5 heteroatoms. The quantitative estimate of drug-likeness (QED) is 0.840. The van der Waals surface area contributed by atoms with Crippen LogP contribution in [0.4, 0.5) is 5.69 Å². The standard InChI is InChI=1S/C16H14N2O3/c1-10-8-13(9-14(15(10)18)16(19)20)21-12-4-2-11(3-5-12)6-7-17/h2-5,8-9H,6,18H2,1H3,(H,19,20). The van der Waals surface area contributed by atoms with Crippen LogP contribution >= 0.6 is 0 Å². The maximum absolute atomic E-state index is 11.1. The van der Waals surface area contributed by atoms with Gasteiger partial charge in [-0.05, 0) is 42.3 Å². The number of nitrogens with zero attached hydrogens (tertiary/aromatic N) is 1. The summed E-state index contributed by atoms with van der Waals surface area (Å²) in [6.07, 6.45) is 0.338. The SMILES string of the molecule is Cc1cc(Oc2ccc(CC#N)cc2)cc(C(=O)O)c1N. The highest BCUT2D eigenvalue weighted by Crippen LogP contribution is 2.28. The molecule has 5 nitrogen and oxygen atoms in total. The monoisotopic (exact) mass is 282 g/mol. The van der Waals surface area contributed by atoms with Crippen molar-refractivity contribution >= 4 is 11.7 Å². The second-order valence-electron chi connectivity index (χ2n) is 4.59. The van der Waals surface area contributed by atoms with Crippen molar-refractivity contribution in [2.24, 2.45) is 0 Å². The van der Waals surface area contributed by atoms with Crippen molar-refractivity contribution in [1.82, 2.24) is 0 Å². The molecule has 0 saturated carbocycles. The number of aryl methyl sites for hydroxylation is 1. The third kappa shape index (κ3) is 3.31. The summed E-state index contributed by atoms with van der Waals surface area (Å²) in [6.45, 7) is 1.73. The lowest BCUT2D eigenvalue weighted by Gasteiger charge is -2.10. The summed E-state index contributed by atoms with van der Waals surface area (Å²) < 4.78 is 5.64. The minimum Gasteiger partial charge on any atom is -0.478 e. The number of ether oxygens (including phenoxy) is 1. The Kier molecular flexibility index (Phi) is 4.10. The number of benzene rings is 2. The highest BCUT2D eigenvalue weighted by atomic mass is 16.5. The summed E-state index contributed by atoms with van der Waals surface area (Å²) in [5.74, 6) is -0.116. The van der Waals surface area contributed by atoms with Crippen LogP contribution in [0.25, 0.3) is 0 Å². The van der Waals surface area contributed by atoms with Gasteiger partial charge in [0.1, 0.15) is 11.5 Å². The fraction of sp³-hybridized carbons (Fsp3) is 0.125. The van der Waals surface area contributed by atoms with Crippen LogP contribution < -0.4 is 10.5 Å². The average molecular weight is 282 g/mol. The second-order valence-corrected chi connectivity index (χ2v) is 4.59. The van der Waals surface area contributed by atoms with Crippen molar-refractivity contribution in [2.45, 2.75) is 13.3 Å². The van der Waals surface area contributed by atoms with Crippen molar-refractivity contribution in [3.05, 3.63) is 53.1 Å². The molecule has 2 aromatic carbocycles. The smallest absolute Gasteiger partial charge is 0.337 e. The molecule has 0 heterocycles. The van der Waals surface area contributed by atoms with E-state index in [4.69, 9.17) is 20.8 Å². The Morgan fingerprint density at radius 1 is 1.29 bits per heavy atom. The summed E-state index contributed by atoms with van der Waals surface area (Å²) in [6, 6.07) is 12.2. The lowest BCUT2D eigenvalue weighted by molar-refractivity contribution is 0.0697. The van der Waals surface area contributed by atoms with Crippen LogP contribution in [-0.2, 0) is 6.42 Å². The molecule has 0 aliphatic rings. The molecule has 0 unspecified atom stereocenters.